The average Bonchev–Trinajstić information content (AvgIpc) is 2.88. The molecule has 0 bridgehead atoms. The van der Waals surface area contributed by atoms with E-state index in [2.05, 4.69) is 30.1 Å². The van der Waals surface area contributed by atoms with E-state index in [1.807, 2.05) is 24.4 Å². The van der Waals surface area contributed by atoms with Crippen LogP contribution >= 0.6 is 23.1 Å². The van der Waals surface area contributed by atoms with Crippen LogP contribution in [0.3, 0.4) is 0 Å². The highest BCUT2D eigenvalue weighted by atomic mass is 32.2. The van der Waals surface area contributed by atoms with Gasteiger partial charge < -0.3 is 0 Å². The third-order valence-corrected chi connectivity index (χ3v) is 5.13. The van der Waals surface area contributed by atoms with Crippen molar-refractivity contribution in [1.29, 1.82) is 5.26 Å². The van der Waals surface area contributed by atoms with Gasteiger partial charge in [-0.25, -0.2) is 4.98 Å². The van der Waals surface area contributed by atoms with E-state index in [0.717, 1.165) is 11.4 Å². The molecule has 0 N–H and O–H groups in total. The fraction of sp³-hybridized carbons (Fsp3) is 0.312. The van der Waals surface area contributed by atoms with E-state index >= 15 is 0 Å². The highest BCUT2D eigenvalue weighted by Crippen LogP contribution is 2.23. The summed E-state index contributed by atoms with van der Waals surface area (Å²) in [7, 11) is 0. The Kier molecular flexibility index (Phi) is 5.54. The molecule has 108 valence electrons. The number of rotatable bonds is 6. The van der Waals surface area contributed by atoms with Gasteiger partial charge in [0.25, 0.3) is 0 Å². The molecule has 21 heavy (non-hydrogen) atoms. The molecule has 0 saturated carbocycles. The van der Waals surface area contributed by atoms with E-state index < -0.39 is 5.92 Å². The van der Waals surface area contributed by atoms with Crippen molar-refractivity contribution < 1.29 is 4.79 Å². The highest BCUT2D eigenvalue weighted by molar-refractivity contribution is 7.99. The molecular weight excluding hydrogens is 300 g/mol. The molecule has 1 atom stereocenters. The molecule has 1 aromatic heterocycles. The average molecular weight is 316 g/mol. The highest BCUT2D eigenvalue weighted by Gasteiger charge is 2.22. The smallest absolute Gasteiger partial charge is 0.166 e. The lowest BCUT2D eigenvalue weighted by Gasteiger charge is -2.07. The lowest BCUT2D eigenvalue weighted by Crippen LogP contribution is -2.13. The van der Waals surface area contributed by atoms with Gasteiger partial charge in [-0.05, 0) is 25.0 Å². The first kappa shape index (κ1) is 15.7. The van der Waals surface area contributed by atoms with Crippen LogP contribution in [0.1, 0.15) is 27.7 Å². The van der Waals surface area contributed by atoms with Crippen LogP contribution < -0.4 is 0 Å². The second-order valence-electron chi connectivity index (χ2n) is 4.77. The van der Waals surface area contributed by atoms with Crippen LogP contribution in [-0.4, -0.2) is 16.5 Å². The molecule has 1 aromatic carbocycles. The topological polar surface area (TPSA) is 53.8 Å². The van der Waals surface area contributed by atoms with Crippen molar-refractivity contribution in [2.75, 3.05) is 5.75 Å². The zero-order chi connectivity index (χ0) is 15.2. The first-order valence-electron chi connectivity index (χ1n) is 6.58. The minimum atomic E-state index is -0.729. The number of thiazole rings is 1. The number of nitrogens with zero attached hydrogens (tertiary/aromatic N) is 2. The molecule has 5 heteroatoms. The SMILES string of the molecule is Cc1csc([C@H](C#N)C(=O)CSCc2ccccc2C)n1. The fourth-order valence-electron chi connectivity index (χ4n) is 1.89. The summed E-state index contributed by atoms with van der Waals surface area (Å²) in [6, 6.07) is 10.2. The van der Waals surface area contributed by atoms with Gasteiger partial charge in [-0.3, -0.25) is 4.79 Å². The summed E-state index contributed by atoms with van der Waals surface area (Å²) in [6.07, 6.45) is 0. The molecule has 1 heterocycles. The summed E-state index contributed by atoms with van der Waals surface area (Å²) in [4.78, 5) is 16.4. The summed E-state index contributed by atoms with van der Waals surface area (Å²) in [6.45, 7) is 3.93. The molecule has 3 nitrogen and oxygen atoms in total. The second kappa shape index (κ2) is 7.39. The number of carbonyl (C=O) groups is 1. The number of benzene rings is 1. The normalized spacial score (nSPS) is 11.9. The van der Waals surface area contributed by atoms with E-state index in [4.69, 9.17) is 0 Å². The number of carbonyl (C=O) groups excluding carboxylic acids is 1. The molecule has 0 fully saturated rings. The molecule has 0 amide bonds. The quantitative estimate of drug-likeness (QED) is 0.812. The van der Waals surface area contributed by atoms with Crippen LogP contribution in [-0.2, 0) is 10.5 Å². The molecule has 2 aromatic rings. The van der Waals surface area contributed by atoms with E-state index in [-0.39, 0.29) is 5.78 Å². The van der Waals surface area contributed by atoms with Crippen molar-refractivity contribution in [3.05, 3.63) is 51.5 Å². The van der Waals surface area contributed by atoms with Gasteiger partial charge in [0.1, 0.15) is 5.01 Å². The van der Waals surface area contributed by atoms with E-state index in [1.54, 1.807) is 11.8 Å². The van der Waals surface area contributed by atoms with Crippen LogP contribution in [0, 0.1) is 25.2 Å². The first-order chi connectivity index (χ1) is 10.1. The Bertz CT molecular complexity index is 673. The maximum absolute atomic E-state index is 12.2. The zero-order valence-electron chi connectivity index (χ0n) is 12.0. The van der Waals surface area contributed by atoms with E-state index in [0.29, 0.717) is 10.8 Å². The molecule has 0 saturated heterocycles. The molecule has 0 aliphatic rings. The van der Waals surface area contributed by atoms with Gasteiger partial charge in [0.05, 0.1) is 11.8 Å². The van der Waals surface area contributed by atoms with Crippen molar-refractivity contribution in [3.63, 3.8) is 0 Å². The Balaban J connectivity index is 1.92. The molecule has 0 spiro atoms. The first-order valence-corrected chi connectivity index (χ1v) is 8.62. The zero-order valence-corrected chi connectivity index (χ0v) is 13.6. The Hall–Kier alpha value is -1.64. The third kappa shape index (κ3) is 4.16. The summed E-state index contributed by atoms with van der Waals surface area (Å²) in [5.41, 5.74) is 3.31. The van der Waals surface area contributed by atoms with Crippen LogP contribution in [0.2, 0.25) is 0 Å². The summed E-state index contributed by atoms with van der Waals surface area (Å²) >= 11 is 2.93. The van der Waals surface area contributed by atoms with Crippen molar-refractivity contribution in [1.82, 2.24) is 4.98 Å². The lowest BCUT2D eigenvalue weighted by atomic mass is 10.1. The summed E-state index contributed by atoms with van der Waals surface area (Å²) in [5, 5.41) is 11.7. The van der Waals surface area contributed by atoms with Gasteiger partial charge in [-0.2, -0.15) is 5.26 Å². The molecule has 2 rings (SSSR count). The van der Waals surface area contributed by atoms with Crippen molar-refractivity contribution in [3.8, 4) is 6.07 Å². The molecule has 0 unspecified atom stereocenters. The number of hydrogen-bond acceptors (Lipinski definition) is 5. The van der Waals surface area contributed by atoms with Crippen LogP contribution in [0.5, 0.6) is 0 Å². The number of Topliss-reactive ketones (excluding diaryl/α,β-unsaturated/α-hetero) is 1. The van der Waals surface area contributed by atoms with Gasteiger partial charge in [0.15, 0.2) is 11.7 Å². The van der Waals surface area contributed by atoms with Crippen LogP contribution in [0.25, 0.3) is 0 Å². The Morgan fingerprint density at radius 3 is 2.81 bits per heavy atom. The van der Waals surface area contributed by atoms with Crippen molar-refractivity contribution >= 4 is 28.9 Å². The van der Waals surface area contributed by atoms with Gasteiger partial charge in [-0.15, -0.1) is 23.1 Å². The second-order valence-corrected chi connectivity index (χ2v) is 6.65. The minimum absolute atomic E-state index is 0.0644. The minimum Gasteiger partial charge on any atom is -0.297 e. The Morgan fingerprint density at radius 1 is 1.43 bits per heavy atom. The van der Waals surface area contributed by atoms with Crippen molar-refractivity contribution in [2.24, 2.45) is 0 Å². The van der Waals surface area contributed by atoms with Gasteiger partial charge in [0.2, 0.25) is 0 Å². The number of aromatic nitrogens is 1. The lowest BCUT2D eigenvalue weighted by molar-refractivity contribution is -0.116. The predicted octanol–water partition coefficient (Wildman–Crippen LogP) is 3.87. The van der Waals surface area contributed by atoms with Crippen molar-refractivity contribution in [2.45, 2.75) is 25.5 Å². The number of aryl methyl sites for hydroxylation is 2. The summed E-state index contributed by atoms with van der Waals surface area (Å²) < 4.78 is 0. The van der Waals surface area contributed by atoms with Gasteiger partial charge in [-0.1, -0.05) is 24.3 Å². The largest absolute Gasteiger partial charge is 0.297 e. The maximum Gasteiger partial charge on any atom is 0.166 e. The maximum atomic E-state index is 12.2. The Morgan fingerprint density at radius 2 is 2.19 bits per heavy atom. The number of ketones is 1. The van der Waals surface area contributed by atoms with Gasteiger partial charge >= 0.3 is 0 Å². The number of thioether (sulfide) groups is 1. The predicted molar refractivity (Wildman–Crippen MR) is 87.6 cm³/mol. The number of hydrogen-bond donors (Lipinski definition) is 0. The fourth-order valence-corrected chi connectivity index (χ4v) is 3.76. The van der Waals surface area contributed by atoms with Crippen LogP contribution in [0.4, 0.5) is 0 Å². The molecular formula is C16H16N2OS2. The Labute approximate surface area is 133 Å². The summed E-state index contributed by atoms with van der Waals surface area (Å²) in [5.74, 6) is 0.331. The van der Waals surface area contributed by atoms with E-state index in [1.165, 1.54) is 22.5 Å². The third-order valence-electron chi connectivity index (χ3n) is 3.10. The molecule has 0 aliphatic carbocycles. The monoisotopic (exact) mass is 316 g/mol. The van der Waals surface area contributed by atoms with Crippen LogP contribution in [0.15, 0.2) is 29.6 Å². The van der Waals surface area contributed by atoms with E-state index in [9.17, 15) is 10.1 Å². The van der Waals surface area contributed by atoms with Gasteiger partial charge in [0, 0.05) is 16.8 Å². The molecule has 0 aliphatic heterocycles. The standard InChI is InChI=1S/C16H16N2OS2/c1-11-5-3-4-6-13(11)9-20-10-15(19)14(7-17)16-18-12(2)8-21-16/h3-6,8,14H,9-10H2,1-2H3/t14-/m1/s1. The molecule has 0 radical (unpaired) electrons. The number of nitriles is 1.